The van der Waals surface area contributed by atoms with Crippen molar-refractivity contribution in [3.05, 3.63) is 63.6 Å². The standard InChI is InChI=1S/C28H38BrNO5/c1-27(2,3)23-16-21(29)15-22(26(23)34-19-33-14-13-32-7)24(17-25(31)35-28(4,5)6)30-18-20-11-9-8-10-12-20/h8-12,15-16,18,24H,13-14,17,19H2,1-7H3/b30-18+. The summed E-state index contributed by atoms with van der Waals surface area (Å²) < 4.78 is 23.3. The van der Waals surface area contributed by atoms with Gasteiger partial charge in [0.25, 0.3) is 0 Å². The molecule has 0 fully saturated rings. The molecule has 35 heavy (non-hydrogen) atoms. The highest BCUT2D eigenvalue weighted by atomic mass is 79.9. The molecule has 0 amide bonds. The summed E-state index contributed by atoms with van der Waals surface area (Å²) in [6.07, 6.45) is 1.85. The first-order chi connectivity index (χ1) is 16.4. The average Bonchev–Trinajstić information content (AvgIpc) is 2.75. The first-order valence-corrected chi connectivity index (χ1v) is 12.5. The maximum absolute atomic E-state index is 12.9. The van der Waals surface area contributed by atoms with Crippen LogP contribution in [0.1, 0.15) is 70.7 Å². The Morgan fingerprint density at radius 1 is 1.06 bits per heavy atom. The van der Waals surface area contributed by atoms with Crippen molar-refractivity contribution in [3.8, 4) is 5.75 Å². The molecular formula is C28H38BrNO5. The highest BCUT2D eigenvalue weighted by Gasteiger charge is 2.28. The van der Waals surface area contributed by atoms with Crippen molar-refractivity contribution in [2.45, 2.75) is 65.0 Å². The Balaban J connectivity index is 2.52. The van der Waals surface area contributed by atoms with E-state index in [2.05, 4.69) is 36.7 Å². The molecular weight excluding hydrogens is 510 g/mol. The van der Waals surface area contributed by atoms with Crippen LogP contribution < -0.4 is 4.74 Å². The molecule has 192 valence electrons. The van der Waals surface area contributed by atoms with E-state index in [0.29, 0.717) is 19.0 Å². The van der Waals surface area contributed by atoms with Crippen LogP contribution in [0, 0.1) is 0 Å². The van der Waals surface area contributed by atoms with Gasteiger partial charge in [-0.2, -0.15) is 0 Å². The van der Waals surface area contributed by atoms with E-state index in [4.69, 9.17) is 23.9 Å². The average molecular weight is 549 g/mol. The van der Waals surface area contributed by atoms with Crippen molar-refractivity contribution < 1.29 is 23.7 Å². The summed E-state index contributed by atoms with van der Waals surface area (Å²) in [5.74, 6) is 0.337. The van der Waals surface area contributed by atoms with Crippen LogP contribution in [0.15, 0.2) is 51.9 Å². The molecule has 1 atom stereocenters. The van der Waals surface area contributed by atoms with Gasteiger partial charge in [0, 0.05) is 28.9 Å². The minimum absolute atomic E-state index is 0.0582. The molecule has 0 aliphatic heterocycles. The zero-order valence-corrected chi connectivity index (χ0v) is 23.5. The fraction of sp³-hybridized carbons (Fsp3) is 0.500. The Morgan fingerprint density at radius 3 is 2.34 bits per heavy atom. The molecule has 0 aromatic heterocycles. The van der Waals surface area contributed by atoms with E-state index < -0.39 is 11.6 Å². The van der Waals surface area contributed by atoms with E-state index in [0.717, 1.165) is 21.2 Å². The summed E-state index contributed by atoms with van der Waals surface area (Å²) in [5, 5.41) is 0. The molecule has 0 aliphatic carbocycles. The van der Waals surface area contributed by atoms with Crippen LogP contribution in [-0.2, 0) is 24.4 Å². The van der Waals surface area contributed by atoms with Gasteiger partial charge in [0.2, 0.25) is 0 Å². The first kappa shape index (κ1) is 29.0. The third-order valence-corrected chi connectivity index (χ3v) is 5.41. The number of benzene rings is 2. The fourth-order valence-electron chi connectivity index (χ4n) is 3.38. The monoisotopic (exact) mass is 547 g/mol. The smallest absolute Gasteiger partial charge is 0.308 e. The number of carbonyl (C=O) groups excluding carboxylic acids is 1. The number of hydrogen-bond donors (Lipinski definition) is 0. The fourth-order valence-corrected chi connectivity index (χ4v) is 3.86. The van der Waals surface area contributed by atoms with E-state index in [1.54, 1.807) is 13.3 Å². The highest BCUT2D eigenvalue weighted by Crippen LogP contribution is 2.41. The van der Waals surface area contributed by atoms with Crippen molar-refractivity contribution in [1.82, 2.24) is 0 Å². The predicted octanol–water partition coefficient (Wildman–Crippen LogP) is 6.64. The third kappa shape index (κ3) is 10.1. The molecule has 1 unspecified atom stereocenters. The van der Waals surface area contributed by atoms with Gasteiger partial charge in [-0.3, -0.25) is 9.79 Å². The third-order valence-electron chi connectivity index (χ3n) is 4.95. The number of ether oxygens (including phenoxy) is 4. The summed E-state index contributed by atoms with van der Waals surface area (Å²) >= 11 is 3.65. The molecule has 0 radical (unpaired) electrons. The van der Waals surface area contributed by atoms with E-state index in [9.17, 15) is 4.79 Å². The maximum Gasteiger partial charge on any atom is 0.308 e. The SMILES string of the molecule is COCCOCOc1c(C(CC(=O)OC(C)(C)C)/N=C/c2ccccc2)cc(Br)cc1C(C)(C)C. The van der Waals surface area contributed by atoms with Crippen LogP contribution in [0.5, 0.6) is 5.75 Å². The number of carbonyl (C=O) groups is 1. The van der Waals surface area contributed by atoms with Crippen LogP contribution in [0.3, 0.4) is 0 Å². The number of aliphatic imine (C=N–C) groups is 1. The van der Waals surface area contributed by atoms with Gasteiger partial charge < -0.3 is 18.9 Å². The second-order valence-corrected chi connectivity index (χ2v) is 11.2. The van der Waals surface area contributed by atoms with Gasteiger partial charge in [-0.25, -0.2) is 0 Å². The quantitative estimate of drug-likeness (QED) is 0.136. The van der Waals surface area contributed by atoms with Gasteiger partial charge >= 0.3 is 5.97 Å². The van der Waals surface area contributed by atoms with E-state index >= 15 is 0 Å². The number of esters is 1. The minimum Gasteiger partial charge on any atom is -0.467 e. The van der Waals surface area contributed by atoms with Crippen molar-refractivity contribution >= 4 is 28.1 Å². The predicted molar refractivity (Wildman–Crippen MR) is 143 cm³/mol. The molecule has 2 aromatic carbocycles. The summed E-state index contributed by atoms with van der Waals surface area (Å²) in [4.78, 5) is 17.7. The van der Waals surface area contributed by atoms with Gasteiger partial charge in [0.05, 0.1) is 25.7 Å². The van der Waals surface area contributed by atoms with Crippen molar-refractivity contribution in [2.24, 2.45) is 4.99 Å². The van der Waals surface area contributed by atoms with Gasteiger partial charge in [-0.15, -0.1) is 0 Å². The lowest BCUT2D eigenvalue weighted by molar-refractivity contribution is -0.155. The zero-order chi connectivity index (χ0) is 26.1. The molecule has 0 heterocycles. The van der Waals surface area contributed by atoms with E-state index in [-0.39, 0.29) is 24.6 Å². The molecule has 0 spiro atoms. The zero-order valence-electron chi connectivity index (χ0n) is 21.9. The number of methoxy groups -OCH3 is 1. The lowest BCUT2D eigenvalue weighted by Gasteiger charge is -2.27. The number of rotatable bonds is 11. The topological polar surface area (TPSA) is 66.4 Å². The molecule has 0 N–H and O–H groups in total. The van der Waals surface area contributed by atoms with Crippen LogP contribution in [0.2, 0.25) is 0 Å². The van der Waals surface area contributed by atoms with E-state index in [1.165, 1.54) is 0 Å². The highest BCUT2D eigenvalue weighted by molar-refractivity contribution is 9.10. The molecule has 0 bridgehead atoms. The lowest BCUT2D eigenvalue weighted by Crippen LogP contribution is -2.25. The molecule has 6 nitrogen and oxygen atoms in total. The van der Waals surface area contributed by atoms with Crippen molar-refractivity contribution in [3.63, 3.8) is 0 Å². The Hall–Kier alpha value is -2.22. The van der Waals surface area contributed by atoms with Crippen LogP contribution in [0.4, 0.5) is 0 Å². The largest absolute Gasteiger partial charge is 0.467 e. The lowest BCUT2D eigenvalue weighted by atomic mass is 9.84. The Morgan fingerprint density at radius 2 is 1.74 bits per heavy atom. The summed E-state index contributed by atoms with van der Waals surface area (Å²) in [6.45, 7) is 12.9. The second kappa shape index (κ2) is 13.2. The molecule has 2 aromatic rings. The number of nitrogens with zero attached hydrogens (tertiary/aromatic N) is 1. The Kier molecular flexibility index (Phi) is 10.9. The summed E-state index contributed by atoms with van der Waals surface area (Å²) in [7, 11) is 1.63. The molecule has 0 saturated carbocycles. The van der Waals surface area contributed by atoms with Crippen LogP contribution in [0.25, 0.3) is 0 Å². The van der Waals surface area contributed by atoms with Gasteiger partial charge in [-0.1, -0.05) is 67.0 Å². The van der Waals surface area contributed by atoms with Gasteiger partial charge in [0.1, 0.15) is 11.4 Å². The van der Waals surface area contributed by atoms with Crippen molar-refractivity contribution in [2.75, 3.05) is 27.1 Å². The van der Waals surface area contributed by atoms with Gasteiger partial charge in [-0.05, 0) is 43.9 Å². The normalized spacial score (nSPS) is 13.1. The number of halogens is 1. The Bertz CT molecular complexity index is 977. The Labute approximate surface area is 218 Å². The molecule has 0 saturated heterocycles. The van der Waals surface area contributed by atoms with Crippen LogP contribution >= 0.6 is 15.9 Å². The van der Waals surface area contributed by atoms with Crippen LogP contribution in [-0.4, -0.2) is 44.9 Å². The number of hydrogen-bond acceptors (Lipinski definition) is 6. The molecule has 2 rings (SSSR count). The van der Waals surface area contributed by atoms with Gasteiger partial charge in [0.15, 0.2) is 6.79 Å². The summed E-state index contributed by atoms with van der Waals surface area (Å²) in [5.41, 5.74) is 1.91. The van der Waals surface area contributed by atoms with E-state index in [1.807, 2.05) is 63.2 Å². The molecule has 0 aliphatic rings. The first-order valence-electron chi connectivity index (χ1n) is 11.7. The second-order valence-electron chi connectivity index (χ2n) is 10.3. The summed E-state index contributed by atoms with van der Waals surface area (Å²) in [6, 6.07) is 13.3. The maximum atomic E-state index is 12.9. The van der Waals surface area contributed by atoms with Crippen molar-refractivity contribution in [1.29, 1.82) is 0 Å². The minimum atomic E-state index is -0.590. The molecule has 7 heteroatoms.